The summed E-state index contributed by atoms with van der Waals surface area (Å²) in [4.78, 5) is 22.1. The zero-order valence-electron chi connectivity index (χ0n) is 16.6. The maximum absolute atomic E-state index is 13.2. The van der Waals surface area contributed by atoms with Gasteiger partial charge in [0.05, 0.1) is 17.2 Å². The van der Waals surface area contributed by atoms with Crippen LogP contribution >= 0.6 is 0 Å². The number of para-hydroxylation sites is 2. The van der Waals surface area contributed by atoms with Crippen molar-refractivity contribution in [3.05, 3.63) is 65.5 Å². The minimum atomic E-state index is -0.334. The maximum Gasteiger partial charge on any atom is 0.257 e. The number of hydrogen-bond acceptors (Lipinski definition) is 5. The summed E-state index contributed by atoms with van der Waals surface area (Å²) >= 11 is 0. The van der Waals surface area contributed by atoms with Crippen LogP contribution in [0.4, 0.5) is 10.2 Å². The zero-order valence-corrected chi connectivity index (χ0v) is 16.6. The van der Waals surface area contributed by atoms with Gasteiger partial charge in [0.2, 0.25) is 0 Å². The molecule has 0 atom stereocenters. The molecule has 0 radical (unpaired) electrons. The van der Waals surface area contributed by atoms with Gasteiger partial charge in [0, 0.05) is 6.54 Å². The molecule has 0 aliphatic rings. The molecule has 7 nitrogen and oxygen atoms in total. The molecule has 0 aliphatic heterocycles. The van der Waals surface area contributed by atoms with Crippen molar-refractivity contribution in [1.29, 1.82) is 0 Å². The smallest absolute Gasteiger partial charge is 0.257 e. The molecule has 3 N–H and O–H groups in total. The number of benzene rings is 2. The van der Waals surface area contributed by atoms with E-state index >= 15 is 0 Å². The highest BCUT2D eigenvalue weighted by atomic mass is 19.1. The van der Waals surface area contributed by atoms with E-state index in [0.29, 0.717) is 34.3 Å². The molecule has 1 amide bonds. The molecule has 2 heterocycles. The lowest BCUT2D eigenvalue weighted by atomic mass is 10.2. The van der Waals surface area contributed by atoms with Crippen molar-refractivity contribution >= 4 is 40.1 Å². The second-order valence-electron chi connectivity index (χ2n) is 7.36. The zero-order chi connectivity index (χ0) is 21.3. The van der Waals surface area contributed by atoms with E-state index < -0.39 is 0 Å². The number of carbonyl (C=O) groups is 1. The summed E-state index contributed by atoms with van der Waals surface area (Å²) in [5, 5.41) is 7.28. The Balaban J connectivity index is 1.87. The van der Waals surface area contributed by atoms with Crippen molar-refractivity contribution < 1.29 is 9.18 Å². The number of nitrogens with two attached hydrogens (primary N) is 1. The Morgan fingerprint density at radius 3 is 2.50 bits per heavy atom. The van der Waals surface area contributed by atoms with Gasteiger partial charge in [-0.05, 0) is 35.7 Å². The molecule has 2 aromatic heterocycles. The molecule has 8 heteroatoms. The quantitative estimate of drug-likeness (QED) is 0.497. The van der Waals surface area contributed by atoms with Gasteiger partial charge in [0.25, 0.3) is 5.91 Å². The number of amides is 1. The molecule has 2 aromatic carbocycles. The highest BCUT2D eigenvalue weighted by Gasteiger charge is 2.24. The average molecular weight is 404 g/mol. The van der Waals surface area contributed by atoms with Crippen LogP contribution in [0.15, 0.2) is 53.6 Å². The van der Waals surface area contributed by atoms with Crippen molar-refractivity contribution in [2.45, 2.75) is 13.8 Å². The van der Waals surface area contributed by atoms with Crippen LogP contribution in [-0.4, -0.2) is 33.3 Å². The maximum atomic E-state index is 13.2. The Bertz CT molecular complexity index is 1260. The molecule has 0 spiro atoms. The number of nitrogens with zero attached hydrogens (tertiary/aromatic N) is 4. The fraction of sp³-hybridized carbons (Fsp3) is 0.182. The van der Waals surface area contributed by atoms with Gasteiger partial charge in [-0.1, -0.05) is 38.1 Å². The molecule has 0 fully saturated rings. The molecule has 4 rings (SSSR count). The van der Waals surface area contributed by atoms with Crippen molar-refractivity contribution in [2.75, 3.05) is 12.3 Å². The van der Waals surface area contributed by atoms with Crippen LogP contribution in [0, 0.1) is 11.7 Å². The number of anilines is 1. The molecule has 0 aliphatic carbocycles. The van der Waals surface area contributed by atoms with E-state index in [1.165, 1.54) is 23.0 Å². The first-order valence-corrected chi connectivity index (χ1v) is 9.59. The molecular formula is C22H21FN6O. The average Bonchev–Trinajstić information content (AvgIpc) is 3.00. The van der Waals surface area contributed by atoms with E-state index in [1.54, 1.807) is 12.1 Å². The van der Waals surface area contributed by atoms with E-state index in [9.17, 15) is 9.18 Å². The van der Waals surface area contributed by atoms with Gasteiger partial charge >= 0.3 is 0 Å². The Labute approximate surface area is 172 Å². The fourth-order valence-corrected chi connectivity index (χ4v) is 3.05. The molecule has 30 heavy (non-hydrogen) atoms. The molecule has 4 aromatic rings. The number of aromatic nitrogens is 3. The summed E-state index contributed by atoms with van der Waals surface area (Å²) in [5.74, 6) is -0.238. The number of carbonyl (C=O) groups excluding carboxylic acids is 1. The summed E-state index contributed by atoms with van der Waals surface area (Å²) in [6.07, 6.45) is 1.53. The molecular weight excluding hydrogens is 383 g/mol. The van der Waals surface area contributed by atoms with Crippen LogP contribution in [0.2, 0.25) is 0 Å². The second-order valence-corrected chi connectivity index (χ2v) is 7.36. The molecule has 152 valence electrons. The Morgan fingerprint density at radius 1 is 1.17 bits per heavy atom. The van der Waals surface area contributed by atoms with Gasteiger partial charge in [-0.3, -0.25) is 4.79 Å². The lowest BCUT2D eigenvalue weighted by Crippen LogP contribution is -2.28. The predicted molar refractivity (Wildman–Crippen MR) is 116 cm³/mol. The van der Waals surface area contributed by atoms with E-state index in [4.69, 9.17) is 5.73 Å². The van der Waals surface area contributed by atoms with Crippen molar-refractivity contribution in [1.82, 2.24) is 20.0 Å². The third-order valence-electron chi connectivity index (χ3n) is 4.56. The summed E-state index contributed by atoms with van der Waals surface area (Å²) in [5.41, 5.74) is 9.31. The Hall–Kier alpha value is -3.81. The van der Waals surface area contributed by atoms with Crippen LogP contribution in [0.1, 0.15) is 29.8 Å². The third-order valence-corrected chi connectivity index (χ3v) is 4.56. The second kappa shape index (κ2) is 7.90. The lowest BCUT2D eigenvalue weighted by molar-refractivity contribution is 0.0951. The predicted octanol–water partition coefficient (Wildman–Crippen LogP) is 3.57. The molecule has 0 bridgehead atoms. The minimum absolute atomic E-state index is 0.139. The Kier molecular flexibility index (Phi) is 5.14. The van der Waals surface area contributed by atoms with Crippen LogP contribution in [0.5, 0.6) is 0 Å². The number of rotatable bonds is 5. The van der Waals surface area contributed by atoms with E-state index in [2.05, 4.69) is 20.4 Å². The van der Waals surface area contributed by atoms with Gasteiger partial charge in [-0.2, -0.15) is 9.78 Å². The van der Waals surface area contributed by atoms with Gasteiger partial charge in [-0.15, -0.1) is 0 Å². The number of fused-ring (bicyclic) bond motifs is 2. The number of halogens is 1. The van der Waals surface area contributed by atoms with Crippen molar-refractivity contribution in [3.8, 4) is 0 Å². The lowest BCUT2D eigenvalue weighted by Gasteiger charge is -2.07. The Morgan fingerprint density at radius 2 is 1.83 bits per heavy atom. The third kappa shape index (κ3) is 3.71. The van der Waals surface area contributed by atoms with Crippen molar-refractivity contribution in [2.24, 2.45) is 11.0 Å². The van der Waals surface area contributed by atoms with E-state index in [1.807, 2.05) is 38.1 Å². The van der Waals surface area contributed by atoms with Gasteiger partial charge in [0.15, 0.2) is 5.65 Å². The summed E-state index contributed by atoms with van der Waals surface area (Å²) in [6, 6.07) is 13.2. The van der Waals surface area contributed by atoms with Crippen molar-refractivity contribution in [3.63, 3.8) is 0 Å². The highest BCUT2D eigenvalue weighted by Crippen LogP contribution is 2.27. The standard InChI is InChI=1S/C22H21FN6O/c1-13(2)11-25-22(30)18-19-21(28-17-6-4-3-5-16(17)27-19)29(20(18)24)26-12-14-7-9-15(23)10-8-14/h3-10,12-13H,11,24H2,1-2H3,(H,25,30)/b26-12+. The van der Waals surface area contributed by atoms with Crippen LogP contribution in [0.3, 0.4) is 0 Å². The molecule has 0 saturated carbocycles. The fourth-order valence-electron chi connectivity index (χ4n) is 3.05. The van der Waals surface area contributed by atoms with Gasteiger partial charge in [0.1, 0.15) is 22.7 Å². The number of hydrogen-bond donors (Lipinski definition) is 2. The molecule has 0 unspecified atom stereocenters. The highest BCUT2D eigenvalue weighted by molar-refractivity contribution is 6.10. The van der Waals surface area contributed by atoms with Crippen LogP contribution < -0.4 is 11.1 Å². The number of nitrogens with one attached hydrogen (secondary N) is 1. The first-order chi connectivity index (χ1) is 14.4. The SMILES string of the molecule is CC(C)CNC(=O)c1c(N)n(/N=C/c2ccc(F)cc2)c2nc3ccccc3nc12. The first-order valence-electron chi connectivity index (χ1n) is 9.59. The van der Waals surface area contributed by atoms with Gasteiger partial charge in [-0.25, -0.2) is 14.4 Å². The summed E-state index contributed by atoms with van der Waals surface area (Å²) in [6.45, 7) is 4.52. The minimum Gasteiger partial charge on any atom is -0.383 e. The van der Waals surface area contributed by atoms with Gasteiger partial charge < -0.3 is 11.1 Å². The monoisotopic (exact) mass is 404 g/mol. The topological polar surface area (TPSA) is 98.2 Å². The van der Waals surface area contributed by atoms with Crippen LogP contribution in [0.25, 0.3) is 22.2 Å². The molecule has 0 saturated heterocycles. The normalized spacial score (nSPS) is 11.7. The number of nitrogen functional groups attached to an aromatic ring is 1. The van der Waals surface area contributed by atoms with E-state index in [-0.39, 0.29) is 29.0 Å². The van der Waals surface area contributed by atoms with Crippen LogP contribution in [-0.2, 0) is 0 Å². The largest absolute Gasteiger partial charge is 0.383 e. The van der Waals surface area contributed by atoms with E-state index in [0.717, 1.165) is 0 Å². The summed E-state index contributed by atoms with van der Waals surface area (Å²) in [7, 11) is 0. The summed E-state index contributed by atoms with van der Waals surface area (Å²) < 4.78 is 14.6. The first kappa shape index (κ1) is 19.5.